The number of aliphatic carboxylic acids is 1. The number of nitrogens with zero attached hydrogens (tertiary/aromatic N) is 1. The minimum absolute atomic E-state index is 0.250. The number of hydrogen-bond acceptors (Lipinski definition) is 2. The largest absolute Gasteiger partial charge is 0.481 e. The Morgan fingerprint density at radius 2 is 1.79 bits per heavy atom. The summed E-state index contributed by atoms with van der Waals surface area (Å²) in [5, 5.41) is 8.58. The molecule has 0 radical (unpaired) electrons. The van der Waals surface area contributed by atoms with E-state index in [4.69, 9.17) is 5.11 Å². The van der Waals surface area contributed by atoms with Crippen LogP contribution in [0.3, 0.4) is 0 Å². The molecular formula is C11H23NO2. The zero-order valence-corrected chi connectivity index (χ0v) is 9.62. The lowest BCUT2D eigenvalue weighted by Crippen LogP contribution is -2.33. The first-order valence-electron chi connectivity index (χ1n) is 5.53. The number of carbonyl (C=O) groups is 1. The Morgan fingerprint density at radius 3 is 2.14 bits per heavy atom. The van der Waals surface area contributed by atoms with E-state index in [2.05, 4.69) is 18.7 Å². The van der Waals surface area contributed by atoms with Crippen LogP contribution in [0.15, 0.2) is 0 Å². The van der Waals surface area contributed by atoms with Crippen LogP contribution < -0.4 is 0 Å². The van der Waals surface area contributed by atoms with Gasteiger partial charge in [-0.3, -0.25) is 4.79 Å². The van der Waals surface area contributed by atoms with Gasteiger partial charge in [0.2, 0.25) is 0 Å². The van der Waals surface area contributed by atoms with Crippen molar-refractivity contribution in [1.29, 1.82) is 0 Å². The van der Waals surface area contributed by atoms with Crippen LogP contribution in [-0.2, 0) is 4.79 Å². The van der Waals surface area contributed by atoms with Crippen molar-refractivity contribution in [3.05, 3.63) is 0 Å². The first-order valence-corrected chi connectivity index (χ1v) is 5.53. The lowest BCUT2D eigenvalue weighted by atomic mass is 10.1. The van der Waals surface area contributed by atoms with Crippen LogP contribution in [0.25, 0.3) is 0 Å². The number of hydrogen-bond donors (Lipinski definition) is 1. The second-order valence-corrected chi connectivity index (χ2v) is 3.86. The fourth-order valence-electron chi connectivity index (χ4n) is 1.71. The molecule has 0 unspecified atom stereocenters. The monoisotopic (exact) mass is 201 g/mol. The van der Waals surface area contributed by atoms with Crippen molar-refractivity contribution >= 4 is 5.97 Å². The molecule has 0 aromatic heterocycles. The van der Waals surface area contributed by atoms with Crippen molar-refractivity contribution < 1.29 is 9.90 Å². The van der Waals surface area contributed by atoms with Crippen molar-refractivity contribution in [1.82, 2.24) is 4.90 Å². The molecule has 0 aliphatic heterocycles. The number of rotatable bonds is 8. The van der Waals surface area contributed by atoms with Crippen LogP contribution >= 0.6 is 0 Å². The summed E-state index contributed by atoms with van der Waals surface area (Å²) in [5.41, 5.74) is 0. The Hall–Kier alpha value is -0.570. The first kappa shape index (κ1) is 13.4. The van der Waals surface area contributed by atoms with Gasteiger partial charge in [0.05, 0.1) is 6.42 Å². The molecule has 0 amide bonds. The molecule has 0 fully saturated rings. The summed E-state index contributed by atoms with van der Waals surface area (Å²) in [6, 6.07) is 0.560. The summed E-state index contributed by atoms with van der Waals surface area (Å²) in [5.74, 6) is -0.705. The molecule has 0 saturated heterocycles. The van der Waals surface area contributed by atoms with Crippen molar-refractivity contribution in [3.63, 3.8) is 0 Å². The maximum atomic E-state index is 10.4. The Labute approximate surface area is 87.1 Å². The topological polar surface area (TPSA) is 40.5 Å². The molecule has 14 heavy (non-hydrogen) atoms. The highest BCUT2D eigenvalue weighted by molar-refractivity contribution is 5.66. The summed E-state index contributed by atoms with van der Waals surface area (Å²) in [7, 11) is 2.03. The number of carboxylic acid groups (broad SMARTS) is 1. The van der Waals surface area contributed by atoms with Gasteiger partial charge in [0, 0.05) is 12.6 Å². The highest BCUT2D eigenvalue weighted by Crippen LogP contribution is 2.11. The van der Waals surface area contributed by atoms with Gasteiger partial charge in [0.25, 0.3) is 0 Å². The third-order valence-electron chi connectivity index (χ3n) is 2.55. The van der Waals surface area contributed by atoms with Gasteiger partial charge in [-0.25, -0.2) is 0 Å². The molecule has 0 aliphatic rings. The average Bonchev–Trinajstić information content (AvgIpc) is 2.14. The molecule has 0 heterocycles. The van der Waals surface area contributed by atoms with Crippen LogP contribution in [0.2, 0.25) is 0 Å². The summed E-state index contributed by atoms with van der Waals surface area (Å²) in [4.78, 5) is 12.6. The van der Waals surface area contributed by atoms with Crippen molar-refractivity contribution in [2.75, 3.05) is 13.6 Å². The molecule has 0 atom stereocenters. The first-order chi connectivity index (χ1) is 6.61. The van der Waals surface area contributed by atoms with E-state index in [1.165, 1.54) is 25.7 Å². The molecule has 3 nitrogen and oxygen atoms in total. The van der Waals surface area contributed by atoms with E-state index < -0.39 is 5.97 Å². The van der Waals surface area contributed by atoms with Gasteiger partial charge in [-0.1, -0.05) is 26.7 Å². The van der Waals surface area contributed by atoms with Gasteiger partial charge >= 0.3 is 5.97 Å². The van der Waals surface area contributed by atoms with E-state index in [-0.39, 0.29) is 6.42 Å². The lowest BCUT2D eigenvalue weighted by molar-refractivity contribution is -0.137. The van der Waals surface area contributed by atoms with Gasteiger partial charge in [-0.2, -0.15) is 0 Å². The van der Waals surface area contributed by atoms with E-state index in [0.29, 0.717) is 12.6 Å². The fraction of sp³-hybridized carbons (Fsp3) is 0.909. The Bertz CT molecular complexity index is 153. The maximum Gasteiger partial charge on any atom is 0.304 e. The standard InChI is InChI=1S/C11H23NO2/c1-4-6-10(7-5-2)12(3)9-8-11(13)14/h10H,4-9H2,1-3H3,(H,13,14). The second kappa shape index (κ2) is 7.80. The molecular weight excluding hydrogens is 178 g/mol. The van der Waals surface area contributed by atoms with Gasteiger partial charge in [0.15, 0.2) is 0 Å². The highest BCUT2D eigenvalue weighted by Gasteiger charge is 2.13. The molecule has 0 aliphatic carbocycles. The lowest BCUT2D eigenvalue weighted by Gasteiger charge is -2.27. The summed E-state index contributed by atoms with van der Waals surface area (Å²) in [6.45, 7) is 5.02. The van der Waals surface area contributed by atoms with Crippen LogP contribution in [0, 0.1) is 0 Å². The molecule has 0 bridgehead atoms. The van der Waals surface area contributed by atoms with Crippen LogP contribution in [0.1, 0.15) is 46.0 Å². The van der Waals surface area contributed by atoms with Crippen LogP contribution in [0.4, 0.5) is 0 Å². The number of carboxylic acids is 1. The minimum atomic E-state index is -0.705. The second-order valence-electron chi connectivity index (χ2n) is 3.86. The van der Waals surface area contributed by atoms with E-state index >= 15 is 0 Å². The van der Waals surface area contributed by atoms with Gasteiger partial charge < -0.3 is 10.0 Å². The Kier molecular flexibility index (Phi) is 7.48. The molecule has 0 spiro atoms. The summed E-state index contributed by atoms with van der Waals surface area (Å²) < 4.78 is 0. The van der Waals surface area contributed by atoms with E-state index in [1.807, 2.05) is 7.05 Å². The average molecular weight is 201 g/mol. The zero-order chi connectivity index (χ0) is 11.0. The SMILES string of the molecule is CCCC(CCC)N(C)CCC(=O)O. The van der Waals surface area contributed by atoms with Gasteiger partial charge in [0.1, 0.15) is 0 Å². The van der Waals surface area contributed by atoms with Crippen molar-refractivity contribution in [3.8, 4) is 0 Å². The summed E-state index contributed by atoms with van der Waals surface area (Å²) >= 11 is 0. The Balaban J connectivity index is 3.86. The highest BCUT2D eigenvalue weighted by atomic mass is 16.4. The Morgan fingerprint density at radius 1 is 1.29 bits per heavy atom. The summed E-state index contributed by atoms with van der Waals surface area (Å²) in [6.07, 6.45) is 4.93. The molecule has 0 aromatic rings. The predicted octanol–water partition coefficient (Wildman–Crippen LogP) is 2.36. The molecule has 3 heteroatoms. The smallest absolute Gasteiger partial charge is 0.304 e. The minimum Gasteiger partial charge on any atom is -0.481 e. The molecule has 1 N–H and O–H groups in total. The maximum absolute atomic E-state index is 10.4. The van der Waals surface area contributed by atoms with E-state index in [9.17, 15) is 4.79 Å². The van der Waals surface area contributed by atoms with Gasteiger partial charge in [-0.15, -0.1) is 0 Å². The molecule has 0 saturated carbocycles. The van der Waals surface area contributed by atoms with Crippen molar-refractivity contribution in [2.45, 2.75) is 52.0 Å². The molecule has 84 valence electrons. The van der Waals surface area contributed by atoms with E-state index in [1.54, 1.807) is 0 Å². The third-order valence-corrected chi connectivity index (χ3v) is 2.55. The predicted molar refractivity (Wildman–Crippen MR) is 58.5 cm³/mol. The van der Waals surface area contributed by atoms with Crippen LogP contribution in [-0.4, -0.2) is 35.6 Å². The zero-order valence-electron chi connectivity index (χ0n) is 9.62. The molecule has 0 aromatic carbocycles. The van der Waals surface area contributed by atoms with Crippen LogP contribution in [0.5, 0.6) is 0 Å². The van der Waals surface area contributed by atoms with E-state index in [0.717, 1.165) is 0 Å². The molecule has 0 rings (SSSR count). The fourth-order valence-corrected chi connectivity index (χ4v) is 1.71. The normalized spacial score (nSPS) is 11.2. The quantitative estimate of drug-likeness (QED) is 0.655. The van der Waals surface area contributed by atoms with Gasteiger partial charge in [-0.05, 0) is 19.9 Å². The van der Waals surface area contributed by atoms with Crippen molar-refractivity contribution in [2.24, 2.45) is 0 Å². The third kappa shape index (κ3) is 5.97.